The van der Waals surface area contributed by atoms with Crippen molar-refractivity contribution in [3.63, 3.8) is 0 Å². The first-order chi connectivity index (χ1) is 11.2. The molecule has 1 N–H and O–H groups in total. The summed E-state index contributed by atoms with van der Waals surface area (Å²) in [5, 5.41) is 3.03. The Bertz CT molecular complexity index is 506. The zero-order chi connectivity index (χ0) is 16.1. The maximum Gasteiger partial charge on any atom is 0.225 e. The number of rotatable bonds is 5. The second-order valence-corrected chi connectivity index (χ2v) is 7.05. The van der Waals surface area contributed by atoms with E-state index in [9.17, 15) is 4.79 Å². The SMILES string of the molecule is CN1CCN(CCC(=O)Nc2ccc(C3CCCC3)cc2)CC1.Cl. The number of hydrogen-bond acceptors (Lipinski definition) is 3. The van der Waals surface area contributed by atoms with Gasteiger partial charge in [0.2, 0.25) is 5.91 Å². The van der Waals surface area contributed by atoms with Crippen LogP contribution in [0.5, 0.6) is 0 Å². The van der Waals surface area contributed by atoms with Gasteiger partial charge < -0.3 is 15.1 Å². The highest BCUT2D eigenvalue weighted by Crippen LogP contribution is 2.34. The maximum atomic E-state index is 12.1. The van der Waals surface area contributed by atoms with Crippen LogP contribution in [-0.4, -0.2) is 55.5 Å². The zero-order valence-corrected chi connectivity index (χ0v) is 15.5. The molecule has 0 radical (unpaired) electrons. The Balaban J connectivity index is 0.00000208. The summed E-state index contributed by atoms with van der Waals surface area (Å²) in [4.78, 5) is 16.8. The van der Waals surface area contributed by atoms with Crippen LogP contribution < -0.4 is 5.32 Å². The Morgan fingerprint density at radius 2 is 1.71 bits per heavy atom. The highest BCUT2D eigenvalue weighted by molar-refractivity contribution is 5.90. The molecule has 24 heavy (non-hydrogen) atoms. The molecule has 3 rings (SSSR count). The van der Waals surface area contributed by atoms with Crippen molar-refractivity contribution in [2.45, 2.75) is 38.0 Å². The molecule has 1 saturated heterocycles. The summed E-state index contributed by atoms with van der Waals surface area (Å²) in [5.41, 5.74) is 2.35. The molecule has 5 heteroatoms. The number of benzene rings is 1. The van der Waals surface area contributed by atoms with Gasteiger partial charge in [0.1, 0.15) is 0 Å². The molecule has 0 aromatic heterocycles. The number of amides is 1. The van der Waals surface area contributed by atoms with Crippen LogP contribution in [0.1, 0.15) is 43.6 Å². The molecule has 0 bridgehead atoms. The Kier molecular flexibility index (Phi) is 7.53. The lowest BCUT2D eigenvalue weighted by molar-refractivity contribution is -0.116. The van der Waals surface area contributed by atoms with Crippen LogP contribution in [0.3, 0.4) is 0 Å². The summed E-state index contributed by atoms with van der Waals surface area (Å²) in [6.07, 6.45) is 5.92. The van der Waals surface area contributed by atoms with Crippen molar-refractivity contribution < 1.29 is 4.79 Å². The summed E-state index contributed by atoms with van der Waals surface area (Å²) < 4.78 is 0. The fourth-order valence-corrected chi connectivity index (χ4v) is 3.65. The van der Waals surface area contributed by atoms with E-state index in [1.54, 1.807) is 0 Å². The summed E-state index contributed by atoms with van der Waals surface area (Å²) in [6, 6.07) is 8.49. The van der Waals surface area contributed by atoms with Gasteiger partial charge in [-0.15, -0.1) is 12.4 Å². The van der Waals surface area contributed by atoms with Crippen molar-refractivity contribution >= 4 is 24.0 Å². The largest absolute Gasteiger partial charge is 0.326 e. The first kappa shape index (κ1) is 19.2. The molecule has 134 valence electrons. The Hall–Kier alpha value is -1.10. The maximum absolute atomic E-state index is 12.1. The fourth-order valence-electron chi connectivity index (χ4n) is 3.65. The van der Waals surface area contributed by atoms with Gasteiger partial charge in [-0.3, -0.25) is 4.79 Å². The summed E-state index contributed by atoms with van der Waals surface area (Å²) in [7, 11) is 2.15. The number of piperazine rings is 1. The van der Waals surface area contributed by atoms with E-state index >= 15 is 0 Å². The van der Waals surface area contributed by atoms with E-state index in [-0.39, 0.29) is 18.3 Å². The number of hydrogen-bond donors (Lipinski definition) is 1. The molecule has 2 fully saturated rings. The normalized spacial score (nSPS) is 19.9. The number of carbonyl (C=O) groups excluding carboxylic acids is 1. The lowest BCUT2D eigenvalue weighted by Gasteiger charge is -2.32. The van der Waals surface area contributed by atoms with E-state index in [0.717, 1.165) is 44.3 Å². The third kappa shape index (κ3) is 5.47. The lowest BCUT2D eigenvalue weighted by Crippen LogP contribution is -2.45. The fraction of sp³-hybridized carbons (Fsp3) is 0.632. The Morgan fingerprint density at radius 3 is 2.33 bits per heavy atom. The first-order valence-electron chi connectivity index (χ1n) is 9.01. The topological polar surface area (TPSA) is 35.6 Å². The molecule has 1 heterocycles. The quantitative estimate of drug-likeness (QED) is 0.883. The molecule has 0 unspecified atom stereocenters. The van der Waals surface area contributed by atoms with Crippen molar-refractivity contribution in [1.29, 1.82) is 0 Å². The molecule has 0 spiro atoms. The molecular weight excluding hydrogens is 322 g/mol. The van der Waals surface area contributed by atoms with Crippen LogP contribution in [0.2, 0.25) is 0 Å². The van der Waals surface area contributed by atoms with Crippen LogP contribution in [0.4, 0.5) is 5.69 Å². The highest BCUT2D eigenvalue weighted by Gasteiger charge is 2.17. The predicted octanol–water partition coefficient (Wildman–Crippen LogP) is 3.34. The van der Waals surface area contributed by atoms with E-state index in [0.29, 0.717) is 6.42 Å². The average molecular weight is 352 g/mol. The van der Waals surface area contributed by atoms with E-state index in [1.165, 1.54) is 31.2 Å². The van der Waals surface area contributed by atoms with Gasteiger partial charge in [0.25, 0.3) is 0 Å². The third-order valence-electron chi connectivity index (χ3n) is 5.27. The van der Waals surface area contributed by atoms with Crippen molar-refractivity contribution in [1.82, 2.24) is 9.80 Å². The van der Waals surface area contributed by atoms with E-state index in [4.69, 9.17) is 0 Å². The monoisotopic (exact) mass is 351 g/mol. The van der Waals surface area contributed by atoms with Gasteiger partial charge >= 0.3 is 0 Å². The first-order valence-corrected chi connectivity index (χ1v) is 9.01. The third-order valence-corrected chi connectivity index (χ3v) is 5.27. The van der Waals surface area contributed by atoms with Crippen LogP contribution in [0.15, 0.2) is 24.3 Å². The van der Waals surface area contributed by atoms with Gasteiger partial charge in [-0.25, -0.2) is 0 Å². The number of likely N-dealkylation sites (N-methyl/N-ethyl adjacent to an activating group) is 1. The van der Waals surface area contributed by atoms with Crippen molar-refractivity contribution in [3.05, 3.63) is 29.8 Å². The molecule has 1 amide bonds. The minimum Gasteiger partial charge on any atom is -0.326 e. The van der Waals surface area contributed by atoms with Crippen LogP contribution in [0.25, 0.3) is 0 Å². The number of carbonyl (C=O) groups is 1. The molecule has 4 nitrogen and oxygen atoms in total. The molecule has 1 aromatic carbocycles. The van der Waals surface area contributed by atoms with Gasteiger partial charge in [-0.2, -0.15) is 0 Å². The minimum atomic E-state index is 0. The number of nitrogens with zero attached hydrogens (tertiary/aromatic N) is 2. The van der Waals surface area contributed by atoms with Crippen LogP contribution >= 0.6 is 12.4 Å². The summed E-state index contributed by atoms with van der Waals surface area (Å²) in [5.74, 6) is 0.856. The van der Waals surface area contributed by atoms with Crippen molar-refractivity contribution in [2.75, 3.05) is 45.1 Å². The molecular formula is C19H30ClN3O. The second kappa shape index (κ2) is 9.40. The van der Waals surface area contributed by atoms with Gasteiger partial charge in [0.05, 0.1) is 0 Å². The molecule has 1 aliphatic carbocycles. The second-order valence-electron chi connectivity index (χ2n) is 7.05. The van der Waals surface area contributed by atoms with Gasteiger partial charge in [-0.05, 0) is 43.5 Å². The number of anilines is 1. The summed E-state index contributed by atoms with van der Waals surface area (Å²) >= 11 is 0. The van der Waals surface area contributed by atoms with Crippen LogP contribution in [-0.2, 0) is 4.79 Å². The molecule has 1 aromatic rings. The Labute approximate surface area is 152 Å². The smallest absolute Gasteiger partial charge is 0.225 e. The lowest BCUT2D eigenvalue weighted by atomic mass is 9.97. The van der Waals surface area contributed by atoms with E-state index in [1.807, 2.05) is 0 Å². The van der Waals surface area contributed by atoms with Gasteiger partial charge in [-0.1, -0.05) is 25.0 Å². The van der Waals surface area contributed by atoms with Gasteiger partial charge in [0, 0.05) is 44.8 Å². The molecule has 2 aliphatic rings. The zero-order valence-electron chi connectivity index (χ0n) is 14.7. The standard InChI is InChI=1S/C19H29N3O.ClH/c1-21-12-14-22(15-13-21)11-10-19(23)20-18-8-6-17(7-9-18)16-4-2-3-5-16;/h6-9,16H,2-5,10-15H2,1H3,(H,20,23);1H. The van der Waals surface area contributed by atoms with E-state index in [2.05, 4.69) is 46.4 Å². The van der Waals surface area contributed by atoms with Crippen molar-refractivity contribution in [2.24, 2.45) is 0 Å². The van der Waals surface area contributed by atoms with E-state index < -0.39 is 0 Å². The average Bonchev–Trinajstić information content (AvgIpc) is 3.09. The predicted molar refractivity (Wildman–Crippen MR) is 102 cm³/mol. The summed E-state index contributed by atoms with van der Waals surface area (Å²) in [6.45, 7) is 5.20. The van der Waals surface area contributed by atoms with Crippen LogP contribution in [0, 0.1) is 0 Å². The Morgan fingerprint density at radius 1 is 1.08 bits per heavy atom. The molecule has 1 aliphatic heterocycles. The van der Waals surface area contributed by atoms with Crippen molar-refractivity contribution in [3.8, 4) is 0 Å². The molecule has 1 saturated carbocycles. The number of halogens is 1. The minimum absolute atomic E-state index is 0. The van der Waals surface area contributed by atoms with Gasteiger partial charge in [0.15, 0.2) is 0 Å². The number of nitrogens with one attached hydrogen (secondary N) is 1. The highest BCUT2D eigenvalue weighted by atomic mass is 35.5. The molecule has 0 atom stereocenters.